The quantitative estimate of drug-likeness (QED) is 0.751. The summed E-state index contributed by atoms with van der Waals surface area (Å²) in [5, 5.41) is 8.78. The van der Waals surface area contributed by atoms with Crippen LogP contribution >= 0.6 is 0 Å². The monoisotopic (exact) mass is 244 g/mol. The van der Waals surface area contributed by atoms with E-state index in [4.69, 9.17) is 5.11 Å². The van der Waals surface area contributed by atoms with Crippen molar-refractivity contribution in [2.45, 2.75) is 18.5 Å². The van der Waals surface area contributed by atoms with Gasteiger partial charge < -0.3 is 5.11 Å². The fourth-order valence-electron chi connectivity index (χ4n) is 1.17. The van der Waals surface area contributed by atoms with Gasteiger partial charge in [-0.1, -0.05) is 18.2 Å². The minimum Gasteiger partial charge on any atom is -0.379 e. The minimum atomic E-state index is -5.12. The van der Waals surface area contributed by atoms with Crippen LogP contribution in [0.5, 0.6) is 0 Å². The summed E-state index contributed by atoms with van der Waals surface area (Å²) >= 11 is 0. The molecule has 1 aromatic carbocycles. The molecule has 0 bridgehead atoms. The van der Waals surface area contributed by atoms with E-state index >= 15 is 0 Å². The third-order valence-corrected chi connectivity index (χ3v) is 1.87. The average Bonchev–Trinajstić information content (AvgIpc) is 2.14. The largest absolute Gasteiger partial charge is 0.418 e. The van der Waals surface area contributed by atoms with E-state index in [1.54, 1.807) is 0 Å². The van der Waals surface area contributed by atoms with Gasteiger partial charge in [0, 0.05) is 5.56 Å². The van der Waals surface area contributed by atoms with E-state index in [0.717, 1.165) is 12.1 Å². The number of benzene rings is 1. The maximum absolute atomic E-state index is 12.3. The lowest BCUT2D eigenvalue weighted by atomic mass is 10.0. The molecule has 0 saturated carbocycles. The van der Waals surface area contributed by atoms with Gasteiger partial charge in [-0.05, 0) is 6.07 Å². The minimum absolute atomic E-state index is 0.490. The first-order valence-electron chi connectivity index (χ1n) is 4.05. The van der Waals surface area contributed by atoms with Gasteiger partial charge in [0.1, 0.15) is 0 Å². The van der Waals surface area contributed by atoms with Gasteiger partial charge >= 0.3 is 12.4 Å². The molecule has 0 spiro atoms. The predicted molar refractivity (Wildman–Crippen MR) is 42.5 cm³/mol. The van der Waals surface area contributed by atoms with E-state index < -0.39 is 29.6 Å². The van der Waals surface area contributed by atoms with E-state index in [2.05, 4.69) is 0 Å². The molecule has 1 nitrogen and oxygen atoms in total. The molecule has 1 rings (SSSR count). The first-order chi connectivity index (χ1) is 7.14. The molecule has 0 heterocycles. The molecule has 1 aromatic rings. The number of aliphatic hydroxyl groups is 1. The molecule has 0 saturated heterocycles. The number of hydrogen-bond acceptors (Lipinski definition) is 1. The Hall–Kier alpha value is -1.24. The Balaban J connectivity index is 3.25. The van der Waals surface area contributed by atoms with Crippen molar-refractivity contribution in [3.8, 4) is 0 Å². The number of alkyl halides is 6. The molecule has 0 aromatic heterocycles. The molecule has 1 N–H and O–H groups in total. The van der Waals surface area contributed by atoms with Crippen LogP contribution in [0.3, 0.4) is 0 Å². The van der Waals surface area contributed by atoms with Crippen LogP contribution in [0.25, 0.3) is 0 Å². The van der Waals surface area contributed by atoms with Crippen LogP contribution in [0.15, 0.2) is 24.3 Å². The highest BCUT2D eigenvalue weighted by Crippen LogP contribution is 2.39. The van der Waals surface area contributed by atoms with E-state index in [-0.39, 0.29) is 0 Å². The summed E-state index contributed by atoms with van der Waals surface area (Å²) in [5.74, 6) is 0. The molecule has 0 fully saturated rings. The Bertz CT molecular complexity index is 367. The second-order valence-electron chi connectivity index (χ2n) is 3.03. The summed E-state index contributed by atoms with van der Waals surface area (Å²) in [6, 6.07) is 3.04. The van der Waals surface area contributed by atoms with Crippen molar-refractivity contribution in [3.05, 3.63) is 35.4 Å². The molecule has 0 aliphatic carbocycles. The van der Waals surface area contributed by atoms with Gasteiger partial charge in [0.15, 0.2) is 6.10 Å². The molecule has 0 aliphatic rings. The fourth-order valence-corrected chi connectivity index (χ4v) is 1.17. The zero-order valence-corrected chi connectivity index (χ0v) is 7.60. The third kappa shape index (κ3) is 2.66. The fraction of sp³-hybridized carbons (Fsp3) is 0.333. The summed E-state index contributed by atoms with van der Waals surface area (Å²) in [6.07, 6.45) is -13.2. The SMILES string of the molecule is OC(c1ccccc1C(F)(F)F)C(F)(F)F. The summed E-state index contributed by atoms with van der Waals surface area (Å²) < 4.78 is 73.2. The first-order valence-corrected chi connectivity index (χ1v) is 4.05. The van der Waals surface area contributed by atoms with Crippen molar-refractivity contribution in [1.29, 1.82) is 0 Å². The average molecular weight is 244 g/mol. The lowest BCUT2D eigenvalue weighted by Gasteiger charge is -2.19. The van der Waals surface area contributed by atoms with Gasteiger partial charge in [-0.15, -0.1) is 0 Å². The van der Waals surface area contributed by atoms with Gasteiger partial charge in [0.2, 0.25) is 0 Å². The molecule has 7 heteroatoms. The smallest absolute Gasteiger partial charge is 0.379 e. The van der Waals surface area contributed by atoms with Crippen molar-refractivity contribution in [1.82, 2.24) is 0 Å². The molecule has 1 unspecified atom stereocenters. The van der Waals surface area contributed by atoms with Crippen molar-refractivity contribution in [2.75, 3.05) is 0 Å². The zero-order valence-electron chi connectivity index (χ0n) is 7.60. The Morgan fingerprint density at radius 2 is 1.44 bits per heavy atom. The number of halogens is 6. The van der Waals surface area contributed by atoms with Gasteiger partial charge in [-0.25, -0.2) is 0 Å². The van der Waals surface area contributed by atoms with Gasteiger partial charge in [0.25, 0.3) is 0 Å². The first kappa shape index (κ1) is 12.8. The van der Waals surface area contributed by atoms with Gasteiger partial charge in [-0.2, -0.15) is 26.3 Å². The molecule has 16 heavy (non-hydrogen) atoms. The highest BCUT2D eigenvalue weighted by molar-refractivity contribution is 5.32. The molecular weight excluding hydrogens is 238 g/mol. The van der Waals surface area contributed by atoms with Crippen molar-refractivity contribution >= 4 is 0 Å². The second-order valence-corrected chi connectivity index (χ2v) is 3.03. The second kappa shape index (κ2) is 3.97. The molecule has 0 radical (unpaired) electrons. The summed E-state index contributed by atoms with van der Waals surface area (Å²) in [5.41, 5.74) is -2.68. The summed E-state index contributed by atoms with van der Waals surface area (Å²) in [4.78, 5) is 0. The molecular formula is C9H6F6O. The third-order valence-electron chi connectivity index (χ3n) is 1.87. The number of rotatable bonds is 1. The van der Waals surface area contributed by atoms with Crippen LogP contribution in [0.4, 0.5) is 26.3 Å². The molecule has 0 aliphatic heterocycles. The Morgan fingerprint density at radius 1 is 0.938 bits per heavy atom. The number of aliphatic hydroxyl groups excluding tert-OH is 1. The van der Waals surface area contributed by atoms with Crippen LogP contribution in [0.1, 0.15) is 17.2 Å². The van der Waals surface area contributed by atoms with E-state index in [1.807, 2.05) is 0 Å². The lowest BCUT2D eigenvalue weighted by molar-refractivity contribution is -0.209. The van der Waals surface area contributed by atoms with Crippen LogP contribution in [0, 0.1) is 0 Å². The van der Waals surface area contributed by atoms with E-state index in [1.165, 1.54) is 0 Å². The highest BCUT2D eigenvalue weighted by atomic mass is 19.4. The highest BCUT2D eigenvalue weighted by Gasteiger charge is 2.44. The Labute approximate surface area is 86.3 Å². The summed E-state index contributed by atoms with van der Waals surface area (Å²) in [7, 11) is 0. The van der Waals surface area contributed by atoms with Crippen LogP contribution in [0.2, 0.25) is 0 Å². The van der Waals surface area contributed by atoms with Crippen LogP contribution in [-0.4, -0.2) is 11.3 Å². The lowest BCUT2D eigenvalue weighted by Crippen LogP contribution is -2.23. The molecule has 1 atom stereocenters. The zero-order chi connectivity index (χ0) is 12.6. The van der Waals surface area contributed by atoms with Crippen LogP contribution < -0.4 is 0 Å². The van der Waals surface area contributed by atoms with E-state index in [9.17, 15) is 26.3 Å². The Kier molecular flexibility index (Phi) is 3.18. The molecule has 0 amide bonds. The van der Waals surface area contributed by atoms with Crippen LogP contribution in [-0.2, 0) is 6.18 Å². The van der Waals surface area contributed by atoms with Crippen molar-refractivity contribution in [2.24, 2.45) is 0 Å². The van der Waals surface area contributed by atoms with Crippen molar-refractivity contribution in [3.63, 3.8) is 0 Å². The Morgan fingerprint density at radius 3 is 1.88 bits per heavy atom. The van der Waals surface area contributed by atoms with Gasteiger partial charge in [-0.3, -0.25) is 0 Å². The molecule has 90 valence electrons. The maximum atomic E-state index is 12.3. The topological polar surface area (TPSA) is 20.2 Å². The number of hydrogen-bond donors (Lipinski definition) is 1. The van der Waals surface area contributed by atoms with Crippen molar-refractivity contribution < 1.29 is 31.4 Å². The maximum Gasteiger partial charge on any atom is 0.418 e. The van der Waals surface area contributed by atoms with E-state index in [0.29, 0.717) is 12.1 Å². The normalized spacial score (nSPS) is 14.9. The predicted octanol–water partition coefficient (Wildman–Crippen LogP) is 3.30. The summed E-state index contributed by atoms with van der Waals surface area (Å²) in [6.45, 7) is 0. The standard InChI is InChI=1S/C9H6F6O/c10-8(11,12)6-4-2-1-3-5(6)7(16)9(13,14)15/h1-4,7,16H. The van der Waals surface area contributed by atoms with Gasteiger partial charge in [0.05, 0.1) is 5.56 Å².